The van der Waals surface area contributed by atoms with E-state index in [4.69, 9.17) is 0 Å². The second-order valence-electron chi connectivity index (χ2n) is 5.27. The Labute approximate surface area is 148 Å². The highest BCUT2D eigenvalue weighted by molar-refractivity contribution is 7.99. The molecule has 0 amide bonds. The molecule has 1 aliphatic heterocycles. The molecule has 4 rings (SSSR count). The van der Waals surface area contributed by atoms with Gasteiger partial charge in [-0.3, -0.25) is 0 Å². The third-order valence-corrected chi connectivity index (χ3v) is 4.85. The summed E-state index contributed by atoms with van der Waals surface area (Å²) >= 11 is 1.82. The molecule has 122 valence electrons. The van der Waals surface area contributed by atoms with Gasteiger partial charge in [-0.25, -0.2) is 0 Å². The molecule has 0 unspecified atom stereocenters. The van der Waals surface area contributed by atoms with Gasteiger partial charge in [0.1, 0.15) is 0 Å². The van der Waals surface area contributed by atoms with Crippen LogP contribution in [0.2, 0.25) is 0 Å². The van der Waals surface area contributed by atoms with Gasteiger partial charge >= 0.3 is 0 Å². The molecule has 2 nitrogen and oxygen atoms in total. The van der Waals surface area contributed by atoms with Crippen molar-refractivity contribution in [3.05, 3.63) is 78.4 Å². The molecule has 0 radical (unpaired) electrons. The van der Waals surface area contributed by atoms with Gasteiger partial charge in [0.05, 0.1) is 11.4 Å². The molecule has 0 fully saturated rings. The normalized spacial score (nSPS) is 11.2. The summed E-state index contributed by atoms with van der Waals surface area (Å²) in [5.74, 6) is 0. The minimum atomic E-state index is 0.837. The van der Waals surface area contributed by atoms with E-state index in [1.165, 1.54) is 26.7 Å². The SMILES string of the molecule is CC.c1ccc(CNc2ccc3c(c2)Nc2ccccc2S3)cc1. The molecule has 1 aliphatic rings. The van der Waals surface area contributed by atoms with Crippen molar-refractivity contribution in [3.63, 3.8) is 0 Å². The van der Waals surface area contributed by atoms with Gasteiger partial charge < -0.3 is 10.6 Å². The van der Waals surface area contributed by atoms with E-state index in [9.17, 15) is 0 Å². The number of hydrogen-bond donors (Lipinski definition) is 2. The maximum absolute atomic E-state index is 3.52. The molecule has 0 saturated heterocycles. The van der Waals surface area contributed by atoms with E-state index in [2.05, 4.69) is 77.4 Å². The van der Waals surface area contributed by atoms with E-state index in [1.807, 2.05) is 31.7 Å². The number of nitrogens with one attached hydrogen (secondary N) is 2. The van der Waals surface area contributed by atoms with E-state index in [1.54, 1.807) is 0 Å². The van der Waals surface area contributed by atoms with Crippen molar-refractivity contribution in [1.82, 2.24) is 0 Å². The standard InChI is InChI=1S/C19H16N2S.C2H6/c1-2-6-14(7-3-1)13-20-15-10-11-19-17(12-15)21-16-8-4-5-9-18(16)22-19;1-2/h1-12,20-21H,13H2;1-2H3. The van der Waals surface area contributed by atoms with E-state index >= 15 is 0 Å². The van der Waals surface area contributed by atoms with Crippen molar-refractivity contribution < 1.29 is 0 Å². The molecule has 3 aromatic rings. The monoisotopic (exact) mass is 334 g/mol. The van der Waals surface area contributed by atoms with E-state index in [-0.39, 0.29) is 0 Å². The van der Waals surface area contributed by atoms with Crippen LogP contribution in [-0.2, 0) is 6.54 Å². The summed E-state index contributed by atoms with van der Waals surface area (Å²) in [5, 5.41) is 7.00. The molecule has 0 bridgehead atoms. The maximum Gasteiger partial charge on any atom is 0.0547 e. The highest BCUT2D eigenvalue weighted by atomic mass is 32.2. The van der Waals surface area contributed by atoms with Crippen LogP contribution in [0.5, 0.6) is 0 Å². The Morgan fingerprint density at radius 1 is 0.792 bits per heavy atom. The maximum atomic E-state index is 3.52. The van der Waals surface area contributed by atoms with Gasteiger partial charge in [0, 0.05) is 22.0 Å². The van der Waals surface area contributed by atoms with Crippen LogP contribution < -0.4 is 10.6 Å². The first-order valence-electron chi connectivity index (χ1n) is 8.34. The molecule has 3 heteroatoms. The Morgan fingerprint density at radius 3 is 2.33 bits per heavy atom. The van der Waals surface area contributed by atoms with Crippen molar-refractivity contribution in [2.24, 2.45) is 0 Å². The molecule has 0 aliphatic carbocycles. The zero-order valence-electron chi connectivity index (χ0n) is 14.0. The van der Waals surface area contributed by atoms with Crippen molar-refractivity contribution >= 4 is 28.8 Å². The highest BCUT2D eigenvalue weighted by Crippen LogP contribution is 2.44. The molecular weight excluding hydrogens is 312 g/mol. The topological polar surface area (TPSA) is 24.1 Å². The zero-order valence-corrected chi connectivity index (χ0v) is 14.9. The Balaban J connectivity index is 0.000000815. The lowest BCUT2D eigenvalue weighted by Gasteiger charge is -2.21. The van der Waals surface area contributed by atoms with Crippen LogP contribution in [0.15, 0.2) is 82.6 Å². The summed E-state index contributed by atoms with van der Waals surface area (Å²) in [4.78, 5) is 2.55. The molecule has 0 aromatic heterocycles. The smallest absolute Gasteiger partial charge is 0.0547 e. The Morgan fingerprint density at radius 2 is 1.50 bits per heavy atom. The van der Waals surface area contributed by atoms with E-state index < -0.39 is 0 Å². The number of rotatable bonds is 3. The number of para-hydroxylation sites is 1. The third kappa shape index (κ3) is 3.74. The summed E-state index contributed by atoms with van der Waals surface area (Å²) < 4.78 is 0. The fraction of sp³-hybridized carbons (Fsp3) is 0.143. The molecule has 3 aromatic carbocycles. The minimum absolute atomic E-state index is 0.837. The summed E-state index contributed by atoms with van der Waals surface area (Å²) in [6.45, 7) is 4.84. The van der Waals surface area contributed by atoms with E-state index in [0.29, 0.717) is 0 Å². The first-order valence-corrected chi connectivity index (χ1v) is 9.16. The van der Waals surface area contributed by atoms with Crippen LogP contribution in [0.4, 0.5) is 17.1 Å². The molecule has 1 heterocycles. The Hall–Kier alpha value is -2.39. The molecule has 24 heavy (non-hydrogen) atoms. The number of hydrogen-bond acceptors (Lipinski definition) is 3. The van der Waals surface area contributed by atoms with Crippen molar-refractivity contribution in [3.8, 4) is 0 Å². The molecule has 0 spiro atoms. The van der Waals surface area contributed by atoms with Gasteiger partial charge in [-0.1, -0.05) is 68.1 Å². The van der Waals surface area contributed by atoms with Gasteiger partial charge in [0.15, 0.2) is 0 Å². The lowest BCUT2D eigenvalue weighted by atomic mass is 10.2. The van der Waals surface area contributed by atoms with Crippen molar-refractivity contribution in [2.75, 3.05) is 10.6 Å². The summed E-state index contributed by atoms with van der Waals surface area (Å²) in [5.41, 5.74) is 4.77. The fourth-order valence-electron chi connectivity index (χ4n) is 2.55. The van der Waals surface area contributed by atoms with Crippen LogP contribution >= 0.6 is 11.8 Å². The summed E-state index contributed by atoms with van der Waals surface area (Å²) in [6, 6.07) is 25.4. The second kappa shape index (κ2) is 7.93. The average Bonchev–Trinajstić information content (AvgIpc) is 2.67. The Kier molecular flexibility index (Phi) is 5.44. The highest BCUT2D eigenvalue weighted by Gasteiger charge is 2.15. The first-order chi connectivity index (χ1) is 11.9. The summed E-state index contributed by atoms with van der Waals surface area (Å²) in [6.07, 6.45) is 0. The van der Waals surface area contributed by atoms with Crippen molar-refractivity contribution in [2.45, 2.75) is 30.2 Å². The number of fused-ring (bicyclic) bond motifs is 2. The fourth-order valence-corrected chi connectivity index (χ4v) is 3.52. The molecule has 2 N–H and O–H groups in total. The zero-order chi connectivity index (χ0) is 16.8. The largest absolute Gasteiger partial charge is 0.381 e. The molecule has 0 atom stereocenters. The van der Waals surface area contributed by atoms with E-state index in [0.717, 1.165) is 12.2 Å². The molecular formula is C21H22N2S. The third-order valence-electron chi connectivity index (χ3n) is 3.70. The second-order valence-corrected chi connectivity index (χ2v) is 6.36. The number of benzene rings is 3. The number of anilines is 3. The molecule has 0 saturated carbocycles. The average molecular weight is 334 g/mol. The van der Waals surface area contributed by atoms with Gasteiger partial charge in [0.2, 0.25) is 0 Å². The lowest BCUT2D eigenvalue weighted by Crippen LogP contribution is -2.03. The van der Waals surface area contributed by atoms with Gasteiger partial charge in [-0.2, -0.15) is 0 Å². The summed E-state index contributed by atoms with van der Waals surface area (Å²) in [7, 11) is 0. The van der Waals surface area contributed by atoms with Crippen LogP contribution in [0, 0.1) is 0 Å². The lowest BCUT2D eigenvalue weighted by molar-refractivity contribution is 1.15. The first kappa shape index (κ1) is 16.5. The van der Waals surface area contributed by atoms with Crippen LogP contribution in [-0.4, -0.2) is 0 Å². The van der Waals surface area contributed by atoms with Gasteiger partial charge in [-0.05, 0) is 35.9 Å². The Bertz CT molecular complexity index is 800. The van der Waals surface area contributed by atoms with Crippen LogP contribution in [0.1, 0.15) is 19.4 Å². The predicted octanol–water partition coefficient (Wildman–Crippen LogP) is 6.53. The minimum Gasteiger partial charge on any atom is -0.381 e. The van der Waals surface area contributed by atoms with Gasteiger partial charge in [-0.15, -0.1) is 0 Å². The quantitative estimate of drug-likeness (QED) is 0.445. The van der Waals surface area contributed by atoms with Crippen molar-refractivity contribution in [1.29, 1.82) is 0 Å². The van der Waals surface area contributed by atoms with Crippen LogP contribution in [0.3, 0.4) is 0 Å². The van der Waals surface area contributed by atoms with Crippen LogP contribution in [0.25, 0.3) is 0 Å². The van der Waals surface area contributed by atoms with Gasteiger partial charge in [0.25, 0.3) is 0 Å². The predicted molar refractivity (Wildman–Crippen MR) is 105 cm³/mol.